The Bertz CT molecular complexity index is 762. The zero-order chi connectivity index (χ0) is 14.8. The van der Waals surface area contributed by atoms with E-state index in [1.807, 2.05) is 24.3 Å². The lowest BCUT2D eigenvalue weighted by Crippen LogP contribution is -1.96. The van der Waals surface area contributed by atoms with Crippen LogP contribution in [0.15, 0.2) is 45.9 Å². The third-order valence-electron chi connectivity index (χ3n) is 3.39. The Morgan fingerprint density at radius 2 is 1.81 bits per heavy atom. The van der Waals surface area contributed by atoms with Gasteiger partial charge in [-0.15, -0.1) is 0 Å². The van der Waals surface area contributed by atoms with E-state index in [4.69, 9.17) is 4.42 Å². The Morgan fingerprint density at radius 3 is 2.52 bits per heavy atom. The zero-order valence-corrected chi connectivity index (χ0v) is 12.3. The normalized spacial score (nSPS) is 11.4. The highest BCUT2D eigenvalue weighted by molar-refractivity contribution is 5.84. The van der Waals surface area contributed by atoms with Crippen LogP contribution in [0.3, 0.4) is 0 Å². The fourth-order valence-corrected chi connectivity index (χ4v) is 2.47. The van der Waals surface area contributed by atoms with Crippen LogP contribution in [0.25, 0.3) is 11.1 Å². The van der Waals surface area contributed by atoms with E-state index in [1.54, 1.807) is 6.21 Å². The maximum atomic E-state index is 5.55. The molecule has 4 heteroatoms. The van der Waals surface area contributed by atoms with E-state index in [0.29, 0.717) is 6.01 Å². The second-order valence-electron chi connectivity index (χ2n) is 5.17. The van der Waals surface area contributed by atoms with Gasteiger partial charge in [0.1, 0.15) is 5.52 Å². The van der Waals surface area contributed by atoms with Crippen molar-refractivity contribution in [3.63, 3.8) is 0 Å². The highest BCUT2D eigenvalue weighted by atomic mass is 16.4. The molecule has 21 heavy (non-hydrogen) atoms. The molecule has 0 saturated carbocycles. The number of aryl methyl sites for hydroxylation is 3. The van der Waals surface area contributed by atoms with Gasteiger partial charge in [0, 0.05) is 5.56 Å². The number of benzene rings is 2. The van der Waals surface area contributed by atoms with E-state index in [1.165, 1.54) is 16.7 Å². The average molecular weight is 279 g/mol. The molecule has 4 nitrogen and oxygen atoms in total. The van der Waals surface area contributed by atoms with Crippen LogP contribution in [0.5, 0.6) is 0 Å². The number of oxazole rings is 1. The summed E-state index contributed by atoms with van der Waals surface area (Å²) < 4.78 is 5.55. The maximum absolute atomic E-state index is 5.55. The summed E-state index contributed by atoms with van der Waals surface area (Å²) in [4.78, 5) is 4.31. The summed E-state index contributed by atoms with van der Waals surface area (Å²) in [6.45, 7) is 6.26. The molecule has 3 rings (SSSR count). The topological polar surface area (TPSA) is 50.4 Å². The summed E-state index contributed by atoms with van der Waals surface area (Å²) in [5.74, 6) is 0. The molecule has 0 spiro atoms. The van der Waals surface area contributed by atoms with Gasteiger partial charge in [-0.2, -0.15) is 10.1 Å². The van der Waals surface area contributed by atoms with Crippen molar-refractivity contribution in [2.24, 2.45) is 5.10 Å². The summed E-state index contributed by atoms with van der Waals surface area (Å²) >= 11 is 0. The third kappa shape index (κ3) is 2.79. The number of hydrogen-bond acceptors (Lipinski definition) is 4. The number of rotatable bonds is 3. The average Bonchev–Trinajstić information content (AvgIpc) is 2.84. The predicted octanol–water partition coefficient (Wildman–Crippen LogP) is 4.20. The first-order valence-corrected chi connectivity index (χ1v) is 6.86. The third-order valence-corrected chi connectivity index (χ3v) is 3.39. The molecule has 3 aromatic rings. The Morgan fingerprint density at radius 1 is 1.10 bits per heavy atom. The van der Waals surface area contributed by atoms with E-state index in [-0.39, 0.29) is 0 Å². The molecule has 0 amide bonds. The summed E-state index contributed by atoms with van der Waals surface area (Å²) in [7, 11) is 0. The Kier molecular flexibility index (Phi) is 3.44. The highest BCUT2D eigenvalue weighted by Gasteiger charge is 2.04. The van der Waals surface area contributed by atoms with Gasteiger partial charge in [0.15, 0.2) is 5.58 Å². The second kappa shape index (κ2) is 5.40. The molecule has 1 N–H and O–H groups in total. The number of nitrogens with zero attached hydrogens (tertiary/aromatic N) is 2. The van der Waals surface area contributed by atoms with E-state index >= 15 is 0 Å². The van der Waals surface area contributed by atoms with E-state index in [9.17, 15) is 0 Å². The van der Waals surface area contributed by atoms with Crippen molar-refractivity contribution in [2.75, 3.05) is 5.43 Å². The van der Waals surface area contributed by atoms with Gasteiger partial charge in [-0.3, -0.25) is 0 Å². The van der Waals surface area contributed by atoms with Crippen molar-refractivity contribution in [2.45, 2.75) is 20.8 Å². The molecule has 106 valence electrons. The van der Waals surface area contributed by atoms with Gasteiger partial charge in [0.2, 0.25) is 0 Å². The number of hydrazone groups is 1. The Balaban J connectivity index is 1.81. The van der Waals surface area contributed by atoms with Gasteiger partial charge in [-0.1, -0.05) is 29.8 Å². The number of para-hydroxylation sites is 2. The van der Waals surface area contributed by atoms with Crippen molar-refractivity contribution in [1.82, 2.24) is 4.98 Å². The molecule has 1 heterocycles. The standard InChI is InChI=1S/C17H17N3O/c1-11-8-12(2)14(13(3)9-11)10-18-20-17-19-15-6-4-5-7-16(15)21-17/h4-10H,1-3H3,(H,19,20)/b18-10+. The van der Waals surface area contributed by atoms with Crippen LogP contribution in [0, 0.1) is 20.8 Å². The van der Waals surface area contributed by atoms with Crippen LogP contribution in [0.1, 0.15) is 22.3 Å². The lowest BCUT2D eigenvalue weighted by atomic mass is 10.0. The van der Waals surface area contributed by atoms with Crippen LogP contribution in [-0.2, 0) is 0 Å². The number of hydrogen-bond donors (Lipinski definition) is 1. The minimum Gasteiger partial charge on any atom is -0.422 e. The Labute approximate surface area is 123 Å². The molecule has 0 radical (unpaired) electrons. The first kappa shape index (κ1) is 13.4. The minimum atomic E-state index is 0.398. The zero-order valence-electron chi connectivity index (χ0n) is 12.3. The molecule has 0 bridgehead atoms. The number of aromatic nitrogens is 1. The summed E-state index contributed by atoms with van der Waals surface area (Å²) in [6.07, 6.45) is 1.80. The van der Waals surface area contributed by atoms with Crippen LogP contribution in [0.2, 0.25) is 0 Å². The summed E-state index contributed by atoms with van der Waals surface area (Å²) in [5.41, 5.74) is 9.19. The van der Waals surface area contributed by atoms with E-state index in [2.05, 4.69) is 48.4 Å². The molecule has 0 aliphatic heterocycles. The van der Waals surface area contributed by atoms with Crippen LogP contribution >= 0.6 is 0 Å². The van der Waals surface area contributed by atoms with Gasteiger partial charge in [0.25, 0.3) is 0 Å². The molecule has 0 unspecified atom stereocenters. The quantitative estimate of drug-likeness (QED) is 0.577. The molecule has 0 saturated heterocycles. The van der Waals surface area contributed by atoms with E-state index in [0.717, 1.165) is 16.7 Å². The molecule has 2 aromatic carbocycles. The largest absolute Gasteiger partial charge is 0.422 e. The van der Waals surface area contributed by atoms with E-state index < -0.39 is 0 Å². The molecule has 0 aliphatic carbocycles. The van der Waals surface area contributed by atoms with Crippen molar-refractivity contribution >= 4 is 23.3 Å². The minimum absolute atomic E-state index is 0.398. The van der Waals surface area contributed by atoms with Crippen LogP contribution in [-0.4, -0.2) is 11.2 Å². The van der Waals surface area contributed by atoms with Gasteiger partial charge >= 0.3 is 6.01 Å². The van der Waals surface area contributed by atoms with Crippen molar-refractivity contribution in [3.05, 3.63) is 58.7 Å². The number of anilines is 1. The van der Waals surface area contributed by atoms with Gasteiger partial charge in [0.05, 0.1) is 6.21 Å². The SMILES string of the molecule is Cc1cc(C)c(/C=N/Nc2nc3ccccc3o2)c(C)c1. The molecule has 0 aliphatic rings. The Hall–Kier alpha value is -2.62. The fraction of sp³-hybridized carbons (Fsp3) is 0.176. The molecular formula is C17H17N3O. The van der Waals surface area contributed by atoms with Crippen LogP contribution in [0.4, 0.5) is 6.01 Å². The molecular weight excluding hydrogens is 262 g/mol. The van der Waals surface area contributed by atoms with Crippen molar-refractivity contribution < 1.29 is 4.42 Å². The van der Waals surface area contributed by atoms with Gasteiger partial charge in [-0.25, -0.2) is 5.43 Å². The number of fused-ring (bicyclic) bond motifs is 1. The van der Waals surface area contributed by atoms with Crippen LogP contribution < -0.4 is 5.43 Å². The van der Waals surface area contributed by atoms with Gasteiger partial charge in [-0.05, 0) is 44.0 Å². The van der Waals surface area contributed by atoms with Crippen molar-refractivity contribution in [1.29, 1.82) is 0 Å². The van der Waals surface area contributed by atoms with Crippen molar-refractivity contribution in [3.8, 4) is 0 Å². The number of nitrogens with one attached hydrogen (secondary N) is 1. The molecule has 1 aromatic heterocycles. The summed E-state index contributed by atoms with van der Waals surface area (Å²) in [5, 5.41) is 4.23. The highest BCUT2D eigenvalue weighted by Crippen LogP contribution is 2.18. The monoisotopic (exact) mass is 279 g/mol. The second-order valence-corrected chi connectivity index (χ2v) is 5.17. The first-order valence-electron chi connectivity index (χ1n) is 6.86. The summed E-state index contributed by atoms with van der Waals surface area (Å²) in [6, 6.07) is 12.3. The lowest BCUT2D eigenvalue weighted by Gasteiger charge is -2.06. The molecule has 0 fully saturated rings. The maximum Gasteiger partial charge on any atom is 0.316 e. The lowest BCUT2D eigenvalue weighted by molar-refractivity contribution is 0.617. The first-order chi connectivity index (χ1) is 10.1. The predicted molar refractivity (Wildman–Crippen MR) is 85.9 cm³/mol. The smallest absolute Gasteiger partial charge is 0.316 e. The molecule has 0 atom stereocenters. The van der Waals surface area contributed by atoms with Gasteiger partial charge < -0.3 is 4.42 Å². The fourth-order valence-electron chi connectivity index (χ4n) is 2.47.